The molecule has 2 atom stereocenters. The molecule has 0 N–H and O–H groups in total. The van der Waals surface area contributed by atoms with Crippen molar-refractivity contribution in [1.29, 1.82) is 0 Å². The molecule has 51 heavy (non-hydrogen) atoms. The molecular weight excluding hydrogens is 625 g/mol. The molecule has 1 aliphatic carbocycles. The average Bonchev–Trinajstić information content (AvgIpc) is 3.59. The van der Waals surface area contributed by atoms with Crippen molar-refractivity contribution in [1.82, 2.24) is 19.3 Å². The zero-order valence-corrected chi connectivity index (χ0v) is 32.2. The highest BCUT2D eigenvalue weighted by atomic mass is 16.5. The number of fused-ring (bicyclic) bond motifs is 3. The predicted octanol–water partition coefficient (Wildman–Crippen LogP) is 12.5. The summed E-state index contributed by atoms with van der Waals surface area (Å²) in [6.45, 7) is 22.9. The maximum absolute atomic E-state index is 6.83. The number of ether oxygens (including phenoxy) is 1. The summed E-state index contributed by atoms with van der Waals surface area (Å²) in [6, 6.07) is 26.1. The van der Waals surface area contributed by atoms with Crippen molar-refractivity contribution in [3.05, 3.63) is 119 Å². The van der Waals surface area contributed by atoms with Crippen molar-refractivity contribution >= 4 is 21.8 Å². The number of pyridine rings is 1. The molecule has 5 heteroatoms. The molecule has 3 aromatic heterocycles. The van der Waals surface area contributed by atoms with Crippen LogP contribution in [0.2, 0.25) is 0 Å². The van der Waals surface area contributed by atoms with Crippen LogP contribution in [0.5, 0.6) is 11.5 Å². The third-order valence-electron chi connectivity index (χ3n) is 10.7. The highest BCUT2D eigenvalue weighted by Gasteiger charge is 2.35. The van der Waals surface area contributed by atoms with E-state index in [1.807, 2.05) is 6.20 Å². The molecule has 0 fully saturated rings. The van der Waals surface area contributed by atoms with Crippen LogP contribution in [0.3, 0.4) is 0 Å². The lowest BCUT2D eigenvalue weighted by Crippen LogP contribution is -2.24. The largest absolute Gasteiger partial charge is 0.457 e. The average molecular weight is 679 g/mol. The molecule has 0 saturated heterocycles. The van der Waals surface area contributed by atoms with Crippen LogP contribution >= 0.6 is 0 Å². The third kappa shape index (κ3) is 6.64. The van der Waals surface area contributed by atoms with Gasteiger partial charge in [0, 0.05) is 46.0 Å². The topological polar surface area (TPSA) is 44.9 Å². The van der Waals surface area contributed by atoms with E-state index in [2.05, 4.69) is 157 Å². The van der Waals surface area contributed by atoms with E-state index in [4.69, 9.17) is 14.8 Å². The Hall–Kier alpha value is -4.64. The van der Waals surface area contributed by atoms with Gasteiger partial charge < -0.3 is 4.74 Å². The van der Waals surface area contributed by atoms with E-state index < -0.39 is 0 Å². The minimum absolute atomic E-state index is 0.109. The summed E-state index contributed by atoms with van der Waals surface area (Å²) in [5.74, 6) is 4.38. The number of aryl methyl sites for hydroxylation is 1. The molecule has 0 saturated carbocycles. The zero-order chi connectivity index (χ0) is 36.2. The van der Waals surface area contributed by atoms with Gasteiger partial charge in [0.2, 0.25) is 0 Å². The van der Waals surface area contributed by atoms with Gasteiger partial charge in [-0.3, -0.25) is 4.57 Å². The lowest BCUT2D eigenvalue weighted by molar-refractivity contribution is 0.437. The molecule has 3 aromatic carbocycles. The van der Waals surface area contributed by atoms with Gasteiger partial charge in [-0.05, 0) is 104 Å². The number of hydrogen-bond acceptors (Lipinski definition) is 3. The number of rotatable bonds is 8. The molecule has 7 rings (SSSR count). The second-order valence-corrected chi connectivity index (χ2v) is 16.7. The van der Waals surface area contributed by atoms with Crippen molar-refractivity contribution in [2.75, 3.05) is 0 Å². The van der Waals surface area contributed by atoms with Crippen LogP contribution in [0.25, 0.3) is 33.3 Å². The summed E-state index contributed by atoms with van der Waals surface area (Å²) in [5.41, 5.74) is 10.9. The number of allylic oxidation sites excluding steroid dienone is 2. The molecule has 0 bridgehead atoms. The van der Waals surface area contributed by atoms with E-state index in [0.717, 1.165) is 52.6 Å². The molecule has 0 aliphatic heterocycles. The van der Waals surface area contributed by atoms with E-state index >= 15 is 0 Å². The Balaban J connectivity index is 1.35. The highest BCUT2D eigenvalue weighted by Crippen LogP contribution is 2.45. The highest BCUT2D eigenvalue weighted by molar-refractivity contribution is 6.09. The summed E-state index contributed by atoms with van der Waals surface area (Å²) in [5, 5.41) is 7.69. The summed E-state index contributed by atoms with van der Waals surface area (Å²) in [7, 11) is 0. The lowest BCUT2D eigenvalue weighted by Gasteiger charge is -2.32. The second-order valence-electron chi connectivity index (χ2n) is 16.7. The van der Waals surface area contributed by atoms with Gasteiger partial charge >= 0.3 is 0 Å². The standard InChI is InChI=1S/C46H54N4O/c1-28(2)22-33-20-21-47-42(23-33)49-40-17-12-11-16-38(40)39-19-18-36(27-41(39)49)51-37-25-34(29(3)4)24-35(26-37)50-45(46(8,9)10)44(32(7)48-50)43-30(5)14-13-15-31(43)6/h11-12,14,16-21,23-29,31,43H,13,15,22H2,1-10H3/t31-,43?/m0/s1. The number of aromatic nitrogens is 4. The first-order valence-electron chi connectivity index (χ1n) is 18.9. The van der Waals surface area contributed by atoms with Crippen molar-refractivity contribution in [2.24, 2.45) is 11.8 Å². The first kappa shape index (κ1) is 34.8. The van der Waals surface area contributed by atoms with E-state index in [-0.39, 0.29) is 5.41 Å². The molecule has 0 spiro atoms. The summed E-state index contributed by atoms with van der Waals surface area (Å²) in [4.78, 5) is 4.87. The Morgan fingerprint density at radius 3 is 2.35 bits per heavy atom. The van der Waals surface area contributed by atoms with Gasteiger partial charge in [0.1, 0.15) is 17.3 Å². The third-order valence-corrected chi connectivity index (χ3v) is 10.7. The van der Waals surface area contributed by atoms with Crippen LogP contribution in [0.4, 0.5) is 0 Å². The van der Waals surface area contributed by atoms with Gasteiger partial charge in [-0.25, -0.2) is 9.67 Å². The molecule has 0 radical (unpaired) electrons. The molecule has 264 valence electrons. The molecule has 3 heterocycles. The van der Waals surface area contributed by atoms with Crippen LogP contribution in [-0.2, 0) is 11.8 Å². The van der Waals surface area contributed by atoms with Gasteiger partial charge in [-0.2, -0.15) is 5.10 Å². The van der Waals surface area contributed by atoms with Crippen LogP contribution < -0.4 is 4.74 Å². The van der Waals surface area contributed by atoms with Crippen LogP contribution in [-0.4, -0.2) is 19.3 Å². The Bertz CT molecular complexity index is 2260. The summed E-state index contributed by atoms with van der Waals surface area (Å²) >= 11 is 0. The van der Waals surface area contributed by atoms with Gasteiger partial charge in [0.05, 0.1) is 28.1 Å². The Morgan fingerprint density at radius 1 is 0.863 bits per heavy atom. The summed E-state index contributed by atoms with van der Waals surface area (Å²) < 4.78 is 11.3. The van der Waals surface area contributed by atoms with E-state index in [1.165, 1.54) is 45.2 Å². The number of nitrogens with zero attached hydrogens (tertiary/aromatic N) is 4. The zero-order valence-electron chi connectivity index (χ0n) is 32.2. The summed E-state index contributed by atoms with van der Waals surface area (Å²) in [6.07, 6.45) is 7.76. The van der Waals surface area contributed by atoms with Crippen LogP contribution in [0.1, 0.15) is 115 Å². The van der Waals surface area contributed by atoms with Gasteiger partial charge in [-0.1, -0.05) is 85.2 Å². The molecule has 1 unspecified atom stereocenters. The quantitative estimate of drug-likeness (QED) is 0.151. The molecular formula is C46H54N4O. The predicted molar refractivity (Wildman–Crippen MR) is 213 cm³/mol. The van der Waals surface area contributed by atoms with Crippen molar-refractivity contribution in [3.63, 3.8) is 0 Å². The minimum Gasteiger partial charge on any atom is -0.457 e. The normalized spacial score (nSPS) is 16.8. The Morgan fingerprint density at radius 2 is 1.63 bits per heavy atom. The molecule has 0 amide bonds. The lowest BCUT2D eigenvalue weighted by atomic mass is 9.72. The Kier molecular flexibility index (Phi) is 9.20. The number of hydrogen-bond donors (Lipinski definition) is 0. The Labute approximate surface area is 304 Å². The van der Waals surface area contributed by atoms with Crippen molar-refractivity contribution < 1.29 is 4.74 Å². The van der Waals surface area contributed by atoms with E-state index in [1.54, 1.807) is 0 Å². The van der Waals surface area contributed by atoms with Crippen LogP contribution in [0.15, 0.2) is 90.6 Å². The van der Waals surface area contributed by atoms with E-state index in [9.17, 15) is 0 Å². The SMILES string of the molecule is CC1=CCC[C@H](C)C1c1c(C)nn(-c2cc(Oc3ccc4c5ccccc5n(-c5cc(CC(C)C)ccn5)c4c3)cc(C(C)C)c2)c1C(C)(C)C. The van der Waals surface area contributed by atoms with E-state index in [0.29, 0.717) is 23.7 Å². The second kappa shape index (κ2) is 13.5. The molecule has 6 aromatic rings. The smallest absolute Gasteiger partial charge is 0.137 e. The maximum Gasteiger partial charge on any atom is 0.137 e. The number of benzene rings is 3. The fraction of sp³-hybridized carbons (Fsp3) is 0.391. The molecule has 5 nitrogen and oxygen atoms in total. The fourth-order valence-corrected chi connectivity index (χ4v) is 8.35. The molecule has 1 aliphatic rings. The van der Waals surface area contributed by atoms with Gasteiger partial charge in [0.25, 0.3) is 0 Å². The van der Waals surface area contributed by atoms with Gasteiger partial charge in [0.15, 0.2) is 0 Å². The first-order chi connectivity index (χ1) is 24.3. The number of para-hydroxylation sites is 1. The van der Waals surface area contributed by atoms with Crippen LogP contribution in [0, 0.1) is 18.8 Å². The van der Waals surface area contributed by atoms with Gasteiger partial charge in [-0.15, -0.1) is 0 Å². The fourth-order valence-electron chi connectivity index (χ4n) is 8.35. The van der Waals surface area contributed by atoms with Crippen molar-refractivity contribution in [2.45, 2.75) is 106 Å². The monoisotopic (exact) mass is 678 g/mol. The first-order valence-corrected chi connectivity index (χ1v) is 18.9. The van der Waals surface area contributed by atoms with Crippen molar-refractivity contribution in [3.8, 4) is 23.0 Å². The minimum atomic E-state index is -0.109. The maximum atomic E-state index is 6.83.